The summed E-state index contributed by atoms with van der Waals surface area (Å²) in [5, 5.41) is 3.40. The van der Waals surface area contributed by atoms with Crippen LogP contribution in [-0.2, 0) is 4.74 Å². The number of piperazine rings is 1. The lowest BCUT2D eigenvalue weighted by Gasteiger charge is -2.46. The van der Waals surface area contributed by atoms with Gasteiger partial charge in [-0.3, -0.25) is 4.90 Å². The summed E-state index contributed by atoms with van der Waals surface area (Å²) in [4.78, 5) is 2.57. The predicted molar refractivity (Wildman–Crippen MR) is 48.2 cm³/mol. The fourth-order valence-corrected chi connectivity index (χ4v) is 2.14. The van der Waals surface area contributed by atoms with Crippen LogP contribution in [0.1, 0.15) is 13.8 Å². The van der Waals surface area contributed by atoms with E-state index in [2.05, 4.69) is 24.1 Å². The molecule has 0 aromatic heterocycles. The summed E-state index contributed by atoms with van der Waals surface area (Å²) >= 11 is 0. The Morgan fingerprint density at radius 3 is 3.08 bits per heavy atom. The molecule has 1 unspecified atom stereocenters. The second kappa shape index (κ2) is 3.32. The number of fused-ring (bicyclic) bond motifs is 1. The van der Waals surface area contributed by atoms with Crippen LogP contribution in [0.2, 0.25) is 0 Å². The Labute approximate surface area is 74.1 Å². The molecular formula is C9H18N2O. The average molecular weight is 170 g/mol. The number of hydrogen-bond donors (Lipinski definition) is 1. The molecule has 2 rings (SSSR count). The molecule has 0 spiro atoms. The average Bonchev–Trinajstić information content (AvgIpc) is 2.12. The Morgan fingerprint density at radius 1 is 1.42 bits per heavy atom. The van der Waals surface area contributed by atoms with Crippen LogP contribution < -0.4 is 5.32 Å². The third kappa shape index (κ3) is 1.37. The largest absolute Gasteiger partial charge is 0.375 e. The van der Waals surface area contributed by atoms with Gasteiger partial charge in [0.1, 0.15) is 0 Å². The van der Waals surface area contributed by atoms with Crippen LogP contribution >= 0.6 is 0 Å². The number of morpholine rings is 1. The van der Waals surface area contributed by atoms with E-state index in [-0.39, 0.29) is 0 Å². The van der Waals surface area contributed by atoms with Crippen LogP contribution in [0, 0.1) is 0 Å². The molecular weight excluding hydrogens is 152 g/mol. The van der Waals surface area contributed by atoms with E-state index in [1.54, 1.807) is 0 Å². The molecule has 2 aliphatic heterocycles. The normalized spacial score (nSPS) is 44.0. The van der Waals surface area contributed by atoms with Crippen molar-refractivity contribution in [2.45, 2.75) is 32.0 Å². The minimum atomic E-state index is 0.402. The molecule has 0 aromatic carbocycles. The highest BCUT2D eigenvalue weighted by Gasteiger charge is 2.34. The van der Waals surface area contributed by atoms with E-state index < -0.39 is 0 Å². The monoisotopic (exact) mass is 170 g/mol. The van der Waals surface area contributed by atoms with Crippen LogP contribution in [0.3, 0.4) is 0 Å². The van der Waals surface area contributed by atoms with Gasteiger partial charge >= 0.3 is 0 Å². The molecule has 0 amide bonds. The van der Waals surface area contributed by atoms with E-state index in [1.807, 2.05) is 0 Å². The molecule has 3 atom stereocenters. The van der Waals surface area contributed by atoms with Crippen molar-refractivity contribution in [1.82, 2.24) is 10.2 Å². The maximum atomic E-state index is 5.68. The lowest BCUT2D eigenvalue weighted by atomic mass is 10.0. The van der Waals surface area contributed by atoms with E-state index in [0.29, 0.717) is 18.2 Å². The number of hydrogen-bond acceptors (Lipinski definition) is 3. The lowest BCUT2D eigenvalue weighted by molar-refractivity contribution is -0.0962. The van der Waals surface area contributed by atoms with Crippen molar-refractivity contribution >= 4 is 0 Å². The van der Waals surface area contributed by atoms with Gasteiger partial charge in [0.05, 0.1) is 12.7 Å². The van der Waals surface area contributed by atoms with Gasteiger partial charge < -0.3 is 10.1 Å². The van der Waals surface area contributed by atoms with E-state index in [9.17, 15) is 0 Å². The zero-order valence-electron chi connectivity index (χ0n) is 7.92. The Bertz CT molecular complexity index is 161. The molecule has 0 aliphatic carbocycles. The summed E-state index contributed by atoms with van der Waals surface area (Å²) < 4.78 is 5.68. The van der Waals surface area contributed by atoms with Crippen LogP contribution in [0.25, 0.3) is 0 Å². The maximum absolute atomic E-state index is 5.68. The van der Waals surface area contributed by atoms with Gasteiger partial charge in [0.2, 0.25) is 0 Å². The molecule has 12 heavy (non-hydrogen) atoms. The molecule has 3 heteroatoms. The second-order valence-electron chi connectivity index (χ2n) is 3.87. The van der Waals surface area contributed by atoms with Crippen molar-refractivity contribution in [2.24, 2.45) is 0 Å². The fraction of sp³-hybridized carbons (Fsp3) is 1.00. The molecule has 2 aliphatic rings. The molecule has 0 saturated carbocycles. The molecule has 2 saturated heterocycles. The highest BCUT2D eigenvalue weighted by molar-refractivity contribution is 4.89. The molecule has 0 bridgehead atoms. The molecule has 0 aromatic rings. The number of rotatable bonds is 0. The van der Waals surface area contributed by atoms with Crippen LogP contribution in [0.5, 0.6) is 0 Å². The van der Waals surface area contributed by atoms with E-state index >= 15 is 0 Å². The van der Waals surface area contributed by atoms with Gasteiger partial charge in [-0.25, -0.2) is 0 Å². The van der Waals surface area contributed by atoms with Gasteiger partial charge in [0.25, 0.3) is 0 Å². The quantitative estimate of drug-likeness (QED) is 0.556. The number of ether oxygens (including phenoxy) is 1. The first-order valence-electron chi connectivity index (χ1n) is 4.87. The number of nitrogens with one attached hydrogen (secondary N) is 1. The van der Waals surface area contributed by atoms with Gasteiger partial charge in [0, 0.05) is 31.7 Å². The summed E-state index contributed by atoms with van der Waals surface area (Å²) in [6.07, 6.45) is 0.402. The Hall–Kier alpha value is -0.120. The van der Waals surface area contributed by atoms with Gasteiger partial charge in [-0.2, -0.15) is 0 Å². The standard InChI is InChI=1S/C9H18N2O/c1-7-8(2)12-6-9-5-10-3-4-11(7)9/h7-10H,3-6H2,1-2H3/t7-,8+,9?/m1/s1. The van der Waals surface area contributed by atoms with Crippen molar-refractivity contribution in [3.05, 3.63) is 0 Å². The summed E-state index contributed by atoms with van der Waals surface area (Å²) in [6.45, 7) is 8.74. The fourth-order valence-electron chi connectivity index (χ4n) is 2.14. The van der Waals surface area contributed by atoms with Gasteiger partial charge in [0.15, 0.2) is 0 Å². The highest BCUT2D eigenvalue weighted by Crippen LogP contribution is 2.19. The molecule has 0 radical (unpaired) electrons. The third-order valence-electron chi connectivity index (χ3n) is 3.15. The van der Waals surface area contributed by atoms with Crippen LogP contribution in [0.15, 0.2) is 0 Å². The summed E-state index contributed by atoms with van der Waals surface area (Å²) in [6, 6.07) is 1.20. The van der Waals surface area contributed by atoms with Crippen molar-refractivity contribution in [3.8, 4) is 0 Å². The first kappa shape index (κ1) is 8.48. The van der Waals surface area contributed by atoms with Crippen LogP contribution in [-0.4, -0.2) is 49.3 Å². The lowest BCUT2D eigenvalue weighted by Crippen LogP contribution is -2.62. The van der Waals surface area contributed by atoms with E-state index in [4.69, 9.17) is 4.74 Å². The smallest absolute Gasteiger partial charge is 0.0700 e. The van der Waals surface area contributed by atoms with Crippen molar-refractivity contribution in [3.63, 3.8) is 0 Å². The molecule has 70 valence electrons. The predicted octanol–water partition coefficient (Wildman–Crippen LogP) is 0.0674. The SMILES string of the molecule is C[C@@H]1OCC2CNCCN2[C@@H]1C. The molecule has 3 nitrogen and oxygen atoms in total. The van der Waals surface area contributed by atoms with Crippen molar-refractivity contribution in [1.29, 1.82) is 0 Å². The first-order chi connectivity index (χ1) is 5.79. The minimum absolute atomic E-state index is 0.402. The highest BCUT2D eigenvalue weighted by atomic mass is 16.5. The van der Waals surface area contributed by atoms with Crippen molar-refractivity contribution < 1.29 is 4.74 Å². The Kier molecular flexibility index (Phi) is 2.35. The minimum Gasteiger partial charge on any atom is -0.375 e. The molecule has 2 fully saturated rings. The zero-order valence-corrected chi connectivity index (χ0v) is 7.92. The summed E-state index contributed by atoms with van der Waals surface area (Å²) in [7, 11) is 0. The third-order valence-corrected chi connectivity index (χ3v) is 3.15. The Morgan fingerprint density at radius 2 is 2.25 bits per heavy atom. The van der Waals surface area contributed by atoms with Gasteiger partial charge in [-0.05, 0) is 13.8 Å². The van der Waals surface area contributed by atoms with Crippen LogP contribution in [0.4, 0.5) is 0 Å². The number of nitrogens with zero attached hydrogens (tertiary/aromatic N) is 1. The second-order valence-corrected chi connectivity index (χ2v) is 3.87. The molecule has 1 N–H and O–H groups in total. The Balaban J connectivity index is 2.03. The topological polar surface area (TPSA) is 24.5 Å². The van der Waals surface area contributed by atoms with E-state index in [0.717, 1.165) is 19.7 Å². The first-order valence-corrected chi connectivity index (χ1v) is 4.87. The van der Waals surface area contributed by atoms with E-state index in [1.165, 1.54) is 6.54 Å². The zero-order chi connectivity index (χ0) is 8.55. The maximum Gasteiger partial charge on any atom is 0.0700 e. The molecule has 2 heterocycles. The van der Waals surface area contributed by atoms with Crippen molar-refractivity contribution in [2.75, 3.05) is 26.2 Å². The van der Waals surface area contributed by atoms with Gasteiger partial charge in [-0.15, -0.1) is 0 Å². The summed E-state index contributed by atoms with van der Waals surface area (Å²) in [5.74, 6) is 0. The summed E-state index contributed by atoms with van der Waals surface area (Å²) in [5.41, 5.74) is 0. The van der Waals surface area contributed by atoms with Gasteiger partial charge in [-0.1, -0.05) is 0 Å².